The average Bonchev–Trinajstić information content (AvgIpc) is 2.23. The van der Waals surface area contributed by atoms with E-state index in [9.17, 15) is 4.79 Å². The zero-order valence-corrected chi connectivity index (χ0v) is 12.2. The van der Waals surface area contributed by atoms with Gasteiger partial charge in [-0.1, -0.05) is 39.1 Å². The van der Waals surface area contributed by atoms with Crippen molar-refractivity contribution < 1.29 is 4.79 Å². The molecule has 5 heteroatoms. The van der Waals surface area contributed by atoms with Gasteiger partial charge in [-0.05, 0) is 37.5 Å². The maximum atomic E-state index is 12.1. The van der Waals surface area contributed by atoms with Gasteiger partial charge >= 0.3 is 0 Å². The third-order valence-electron chi connectivity index (χ3n) is 3.12. The Labute approximate surface area is 119 Å². The van der Waals surface area contributed by atoms with Crippen LogP contribution >= 0.6 is 39.1 Å². The second-order valence-corrected chi connectivity index (χ2v) is 5.75. The molecule has 2 nitrogen and oxygen atoms in total. The highest BCUT2D eigenvalue weighted by molar-refractivity contribution is 9.09. The zero-order chi connectivity index (χ0) is 12.5. The molecule has 1 fully saturated rings. The summed E-state index contributed by atoms with van der Waals surface area (Å²) in [6.07, 6.45) is 3.17. The lowest BCUT2D eigenvalue weighted by Crippen LogP contribution is -2.54. The van der Waals surface area contributed by atoms with Gasteiger partial charge in [0.1, 0.15) is 0 Å². The Hall–Kier alpha value is -0.250. The van der Waals surface area contributed by atoms with E-state index in [1.807, 2.05) is 0 Å². The molecule has 1 N–H and O–H groups in total. The van der Waals surface area contributed by atoms with Crippen LogP contribution in [0, 0.1) is 0 Å². The van der Waals surface area contributed by atoms with Crippen LogP contribution < -0.4 is 5.32 Å². The van der Waals surface area contributed by atoms with Gasteiger partial charge < -0.3 is 5.32 Å². The Morgan fingerprint density at radius 1 is 1.41 bits per heavy atom. The monoisotopic (exact) mass is 335 g/mol. The molecule has 2 rings (SSSR count). The van der Waals surface area contributed by atoms with Crippen LogP contribution in [-0.4, -0.2) is 16.8 Å². The van der Waals surface area contributed by atoms with E-state index in [0.717, 1.165) is 24.6 Å². The SMILES string of the molecule is O=C(NC1(CBr)CCC1)c1ccc(Cl)cc1Cl. The molecule has 1 saturated carbocycles. The van der Waals surface area contributed by atoms with Crippen molar-refractivity contribution in [1.29, 1.82) is 0 Å². The number of hydrogen-bond donors (Lipinski definition) is 1. The Kier molecular flexibility index (Phi) is 4.01. The first-order valence-corrected chi connectivity index (χ1v) is 7.28. The van der Waals surface area contributed by atoms with E-state index in [1.165, 1.54) is 0 Å². The van der Waals surface area contributed by atoms with Crippen LogP contribution in [0.5, 0.6) is 0 Å². The molecule has 0 bridgehead atoms. The molecule has 1 aliphatic carbocycles. The second kappa shape index (κ2) is 5.17. The number of halogens is 3. The van der Waals surface area contributed by atoms with E-state index in [2.05, 4.69) is 21.2 Å². The van der Waals surface area contributed by atoms with Crippen molar-refractivity contribution in [3.8, 4) is 0 Å². The molecule has 0 aromatic heterocycles. The van der Waals surface area contributed by atoms with Gasteiger partial charge in [0, 0.05) is 10.4 Å². The van der Waals surface area contributed by atoms with Crippen molar-refractivity contribution in [2.24, 2.45) is 0 Å². The topological polar surface area (TPSA) is 29.1 Å². The number of alkyl halides is 1. The number of carbonyl (C=O) groups is 1. The molecule has 1 aromatic carbocycles. The molecule has 1 aliphatic rings. The minimum Gasteiger partial charge on any atom is -0.346 e. The molecule has 0 heterocycles. The number of rotatable bonds is 3. The first kappa shape index (κ1) is 13.2. The van der Waals surface area contributed by atoms with Crippen LogP contribution in [-0.2, 0) is 0 Å². The van der Waals surface area contributed by atoms with E-state index in [4.69, 9.17) is 23.2 Å². The molecular weight excluding hydrogens is 325 g/mol. The van der Waals surface area contributed by atoms with Crippen LogP contribution in [0.2, 0.25) is 10.0 Å². The standard InChI is InChI=1S/C12H12BrCl2NO/c13-7-12(4-1-5-12)16-11(17)9-3-2-8(14)6-10(9)15/h2-3,6H,1,4-5,7H2,(H,16,17). The first-order valence-electron chi connectivity index (χ1n) is 5.40. The van der Waals surface area contributed by atoms with E-state index in [0.29, 0.717) is 15.6 Å². The summed E-state index contributed by atoms with van der Waals surface area (Å²) < 4.78 is 0. The molecule has 0 unspecified atom stereocenters. The van der Waals surface area contributed by atoms with Crippen molar-refractivity contribution in [1.82, 2.24) is 5.32 Å². The van der Waals surface area contributed by atoms with Gasteiger partial charge in [0.05, 0.1) is 16.1 Å². The predicted octanol–water partition coefficient (Wildman–Crippen LogP) is 4.04. The van der Waals surface area contributed by atoms with Crippen LogP contribution in [0.15, 0.2) is 18.2 Å². The Bertz CT molecular complexity index is 441. The predicted molar refractivity (Wildman–Crippen MR) is 74.3 cm³/mol. The maximum absolute atomic E-state index is 12.1. The average molecular weight is 337 g/mol. The minimum atomic E-state index is -0.134. The van der Waals surface area contributed by atoms with Crippen molar-refractivity contribution in [2.45, 2.75) is 24.8 Å². The maximum Gasteiger partial charge on any atom is 0.253 e. The highest BCUT2D eigenvalue weighted by Gasteiger charge is 2.37. The molecule has 17 heavy (non-hydrogen) atoms. The molecular formula is C12H12BrCl2NO. The Morgan fingerprint density at radius 2 is 2.12 bits per heavy atom. The van der Waals surface area contributed by atoms with E-state index < -0.39 is 0 Å². The first-order chi connectivity index (χ1) is 8.06. The van der Waals surface area contributed by atoms with Gasteiger partial charge in [-0.25, -0.2) is 0 Å². The van der Waals surface area contributed by atoms with E-state index in [1.54, 1.807) is 18.2 Å². The summed E-state index contributed by atoms with van der Waals surface area (Å²) in [5.74, 6) is -0.134. The smallest absolute Gasteiger partial charge is 0.253 e. The highest BCUT2D eigenvalue weighted by Crippen LogP contribution is 2.34. The number of amides is 1. The fraction of sp³-hybridized carbons (Fsp3) is 0.417. The normalized spacial score (nSPS) is 17.4. The molecule has 0 radical (unpaired) electrons. The fourth-order valence-corrected chi connectivity index (χ4v) is 3.07. The van der Waals surface area contributed by atoms with Crippen LogP contribution in [0.3, 0.4) is 0 Å². The van der Waals surface area contributed by atoms with Crippen molar-refractivity contribution >= 4 is 45.0 Å². The molecule has 0 atom stereocenters. The number of carbonyl (C=O) groups excluding carboxylic acids is 1. The quantitative estimate of drug-likeness (QED) is 0.829. The van der Waals surface area contributed by atoms with Crippen LogP contribution in [0.4, 0.5) is 0 Å². The van der Waals surface area contributed by atoms with Crippen molar-refractivity contribution in [3.63, 3.8) is 0 Å². The largest absolute Gasteiger partial charge is 0.346 e. The van der Waals surface area contributed by atoms with Crippen LogP contribution in [0.1, 0.15) is 29.6 Å². The summed E-state index contributed by atoms with van der Waals surface area (Å²) in [6, 6.07) is 4.91. The summed E-state index contributed by atoms with van der Waals surface area (Å²) in [6.45, 7) is 0. The van der Waals surface area contributed by atoms with E-state index >= 15 is 0 Å². The van der Waals surface area contributed by atoms with Crippen molar-refractivity contribution in [2.75, 3.05) is 5.33 Å². The van der Waals surface area contributed by atoms with Gasteiger partial charge in [0.2, 0.25) is 0 Å². The van der Waals surface area contributed by atoms with Gasteiger partial charge in [-0.3, -0.25) is 4.79 Å². The third kappa shape index (κ3) is 2.78. The summed E-state index contributed by atoms with van der Waals surface area (Å²) in [4.78, 5) is 12.1. The van der Waals surface area contributed by atoms with Crippen molar-refractivity contribution in [3.05, 3.63) is 33.8 Å². The molecule has 0 aliphatic heterocycles. The molecule has 92 valence electrons. The molecule has 1 amide bonds. The summed E-state index contributed by atoms with van der Waals surface area (Å²) in [5.41, 5.74) is 0.378. The zero-order valence-electron chi connectivity index (χ0n) is 9.10. The Morgan fingerprint density at radius 3 is 2.59 bits per heavy atom. The van der Waals surface area contributed by atoms with Gasteiger partial charge in [-0.15, -0.1) is 0 Å². The molecule has 0 saturated heterocycles. The van der Waals surface area contributed by atoms with Crippen LogP contribution in [0.25, 0.3) is 0 Å². The molecule has 1 aromatic rings. The lowest BCUT2D eigenvalue weighted by Gasteiger charge is -2.41. The lowest BCUT2D eigenvalue weighted by molar-refractivity contribution is 0.0856. The molecule has 0 spiro atoms. The summed E-state index contributed by atoms with van der Waals surface area (Å²) in [7, 11) is 0. The summed E-state index contributed by atoms with van der Waals surface area (Å²) in [5, 5.41) is 4.74. The summed E-state index contributed by atoms with van der Waals surface area (Å²) >= 11 is 15.2. The number of hydrogen-bond acceptors (Lipinski definition) is 1. The van der Waals surface area contributed by atoms with Gasteiger partial charge in [-0.2, -0.15) is 0 Å². The Balaban J connectivity index is 2.14. The third-order valence-corrected chi connectivity index (χ3v) is 4.74. The van der Waals surface area contributed by atoms with E-state index in [-0.39, 0.29) is 11.4 Å². The highest BCUT2D eigenvalue weighted by atomic mass is 79.9. The second-order valence-electron chi connectivity index (χ2n) is 4.35. The number of nitrogens with one attached hydrogen (secondary N) is 1. The lowest BCUT2D eigenvalue weighted by atomic mass is 9.78. The van der Waals surface area contributed by atoms with Gasteiger partial charge in [0.15, 0.2) is 0 Å². The van der Waals surface area contributed by atoms with Gasteiger partial charge in [0.25, 0.3) is 5.91 Å². The minimum absolute atomic E-state index is 0.0972. The number of benzene rings is 1. The fourth-order valence-electron chi connectivity index (χ4n) is 1.88.